The zero-order chi connectivity index (χ0) is 11.0. The molecule has 0 amide bonds. The van der Waals surface area contributed by atoms with Gasteiger partial charge in [-0.25, -0.2) is 4.39 Å². The quantitative estimate of drug-likeness (QED) is 0.897. The van der Waals surface area contributed by atoms with Gasteiger partial charge in [-0.2, -0.15) is 0 Å². The highest BCUT2D eigenvalue weighted by Gasteiger charge is 2.25. The average Bonchev–Trinajstić information content (AvgIpc) is 2.59. The third-order valence-corrected chi connectivity index (χ3v) is 2.55. The molecule has 0 saturated heterocycles. The minimum atomic E-state index is -1.12. The second-order valence-electron chi connectivity index (χ2n) is 2.96. The van der Waals surface area contributed by atoms with Gasteiger partial charge in [0, 0.05) is 11.6 Å². The van der Waals surface area contributed by atoms with Crippen LogP contribution in [0.25, 0.3) is 0 Å². The third-order valence-electron chi connectivity index (χ3n) is 1.98. The number of carbonyl (C=O) groups is 1. The SMILES string of the molecule is O=C(O)Cc1c(F)c(Br)cc2c1OCO2. The van der Waals surface area contributed by atoms with Crippen LogP contribution < -0.4 is 9.47 Å². The van der Waals surface area contributed by atoms with Crippen LogP contribution in [0.1, 0.15) is 5.56 Å². The van der Waals surface area contributed by atoms with Crippen LogP contribution in [0, 0.1) is 5.82 Å². The fourth-order valence-corrected chi connectivity index (χ4v) is 1.81. The Morgan fingerprint density at radius 2 is 2.33 bits per heavy atom. The zero-order valence-corrected chi connectivity index (χ0v) is 9.01. The fourth-order valence-electron chi connectivity index (χ4n) is 1.36. The minimum absolute atomic E-state index is 0.00405. The molecule has 0 fully saturated rings. The van der Waals surface area contributed by atoms with E-state index < -0.39 is 18.2 Å². The van der Waals surface area contributed by atoms with Crippen molar-refractivity contribution < 1.29 is 23.8 Å². The first-order chi connectivity index (χ1) is 7.09. The van der Waals surface area contributed by atoms with Crippen LogP contribution in [0.2, 0.25) is 0 Å². The highest BCUT2D eigenvalue weighted by Crippen LogP contribution is 2.40. The summed E-state index contributed by atoms with van der Waals surface area (Å²) >= 11 is 2.99. The van der Waals surface area contributed by atoms with E-state index in [1.54, 1.807) is 0 Å². The van der Waals surface area contributed by atoms with Gasteiger partial charge < -0.3 is 14.6 Å². The Labute approximate surface area is 92.7 Å². The monoisotopic (exact) mass is 276 g/mol. The van der Waals surface area contributed by atoms with Gasteiger partial charge in [-0.1, -0.05) is 0 Å². The van der Waals surface area contributed by atoms with E-state index in [4.69, 9.17) is 14.6 Å². The van der Waals surface area contributed by atoms with Crippen molar-refractivity contribution in [2.75, 3.05) is 6.79 Å². The summed E-state index contributed by atoms with van der Waals surface area (Å²) in [5.41, 5.74) is 0.00405. The number of ether oxygens (including phenoxy) is 2. The molecule has 1 heterocycles. The maximum atomic E-state index is 13.6. The van der Waals surface area contributed by atoms with Crippen molar-refractivity contribution in [2.45, 2.75) is 6.42 Å². The van der Waals surface area contributed by atoms with E-state index in [0.29, 0.717) is 5.75 Å². The molecule has 1 aliphatic heterocycles. The standard InChI is InChI=1S/C9H6BrFO4/c10-5-2-6-9(15-3-14-6)4(8(5)11)1-7(12)13/h2H,1,3H2,(H,12,13). The summed E-state index contributed by atoms with van der Waals surface area (Å²) in [5, 5.41) is 8.64. The van der Waals surface area contributed by atoms with Crippen molar-refractivity contribution in [2.24, 2.45) is 0 Å². The summed E-state index contributed by atoms with van der Waals surface area (Å²) in [6, 6.07) is 1.42. The first-order valence-corrected chi connectivity index (χ1v) is 4.87. The molecule has 80 valence electrons. The van der Waals surface area contributed by atoms with Crippen molar-refractivity contribution >= 4 is 21.9 Å². The number of carboxylic acid groups (broad SMARTS) is 1. The molecule has 15 heavy (non-hydrogen) atoms. The molecule has 1 aromatic carbocycles. The molecule has 1 aromatic rings. The summed E-state index contributed by atoms with van der Waals surface area (Å²) in [6.45, 7) is -0.0160. The van der Waals surface area contributed by atoms with Crippen LogP contribution in [0.5, 0.6) is 11.5 Å². The number of rotatable bonds is 2. The van der Waals surface area contributed by atoms with Crippen LogP contribution >= 0.6 is 15.9 Å². The molecule has 0 aliphatic carbocycles. The number of hydrogen-bond acceptors (Lipinski definition) is 3. The molecular weight excluding hydrogens is 271 g/mol. The number of benzene rings is 1. The summed E-state index contributed by atoms with van der Waals surface area (Å²) in [6.07, 6.45) is -0.434. The molecule has 0 radical (unpaired) electrons. The Bertz CT molecular complexity index is 433. The zero-order valence-electron chi connectivity index (χ0n) is 7.42. The molecule has 0 saturated carbocycles. The van der Waals surface area contributed by atoms with E-state index in [9.17, 15) is 9.18 Å². The molecule has 4 nitrogen and oxygen atoms in total. The van der Waals surface area contributed by atoms with Gasteiger partial charge in [0.15, 0.2) is 11.5 Å². The Kier molecular flexibility index (Phi) is 2.52. The van der Waals surface area contributed by atoms with Crippen LogP contribution in [0.15, 0.2) is 10.5 Å². The van der Waals surface area contributed by atoms with Gasteiger partial charge in [0.2, 0.25) is 6.79 Å². The normalized spacial score (nSPS) is 12.9. The largest absolute Gasteiger partial charge is 0.481 e. The molecule has 2 rings (SSSR count). The molecule has 1 N–H and O–H groups in total. The van der Waals surface area contributed by atoms with Gasteiger partial charge >= 0.3 is 5.97 Å². The molecule has 0 bridgehead atoms. The maximum Gasteiger partial charge on any atom is 0.308 e. The Hall–Kier alpha value is -1.30. The van der Waals surface area contributed by atoms with E-state index in [1.807, 2.05) is 0 Å². The predicted octanol–water partition coefficient (Wildman–Crippen LogP) is 1.94. The molecule has 0 spiro atoms. The highest BCUT2D eigenvalue weighted by atomic mass is 79.9. The van der Waals surface area contributed by atoms with E-state index in [0.717, 1.165) is 0 Å². The van der Waals surface area contributed by atoms with Gasteiger partial charge in [0.05, 0.1) is 10.9 Å². The first-order valence-electron chi connectivity index (χ1n) is 4.08. The number of halogens is 2. The molecule has 6 heteroatoms. The first kappa shape index (κ1) is 10.2. The second-order valence-corrected chi connectivity index (χ2v) is 3.81. The molecule has 0 unspecified atom stereocenters. The van der Waals surface area contributed by atoms with Gasteiger partial charge in [0.1, 0.15) is 5.82 Å². The number of carboxylic acids is 1. The lowest BCUT2D eigenvalue weighted by atomic mass is 10.1. The molecular formula is C9H6BrFO4. The van der Waals surface area contributed by atoms with Crippen LogP contribution in [-0.4, -0.2) is 17.9 Å². The van der Waals surface area contributed by atoms with Gasteiger partial charge in [-0.3, -0.25) is 4.79 Å². The number of fused-ring (bicyclic) bond motifs is 1. The van der Waals surface area contributed by atoms with Crippen LogP contribution in [0.4, 0.5) is 4.39 Å². The highest BCUT2D eigenvalue weighted by molar-refractivity contribution is 9.10. The Balaban J connectivity index is 2.55. The minimum Gasteiger partial charge on any atom is -0.481 e. The van der Waals surface area contributed by atoms with Crippen LogP contribution in [0.3, 0.4) is 0 Å². The summed E-state index contributed by atoms with van der Waals surface area (Å²) in [7, 11) is 0. The lowest BCUT2D eigenvalue weighted by Gasteiger charge is -2.06. The van der Waals surface area contributed by atoms with Crippen molar-refractivity contribution in [1.82, 2.24) is 0 Å². The van der Waals surface area contributed by atoms with E-state index in [2.05, 4.69) is 15.9 Å². The van der Waals surface area contributed by atoms with Crippen molar-refractivity contribution in [3.05, 3.63) is 21.9 Å². The Morgan fingerprint density at radius 3 is 3.00 bits per heavy atom. The third kappa shape index (κ3) is 1.77. The van der Waals surface area contributed by atoms with Crippen LogP contribution in [-0.2, 0) is 11.2 Å². The summed E-state index contributed by atoms with van der Waals surface area (Å²) in [5.74, 6) is -1.20. The van der Waals surface area contributed by atoms with Crippen molar-refractivity contribution in [3.8, 4) is 11.5 Å². The van der Waals surface area contributed by atoms with Gasteiger partial charge in [-0.15, -0.1) is 0 Å². The Morgan fingerprint density at radius 1 is 1.60 bits per heavy atom. The lowest BCUT2D eigenvalue weighted by molar-refractivity contribution is -0.136. The molecule has 0 atom stereocenters. The van der Waals surface area contributed by atoms with Crippen molar-refractivity contribution in [1.29, 1.82) is 0 Å². The fraction of sp³-hybridized carbons (Fsp3) is 0.222. The van der Waals surface area contributed by atoms with Crippen molar-refractivity contribution in [3.63, 3.8) is 0 Å². The second kappa shape index (κ2) is 3.69. The van der Waals surface area contributed by atoms with E-state index >= 15 is 0 Å². The topological polar surface area (TPSA) is 55.8 Å². The lowest BCUT2D eigenvalue weighted by Crippen LogP contribution is -2.04. The molecule has 1 aliphatic rings. The summed E-state index contributed by atoms with van der Waals surface area (Å²) < 4.78 is 23.8. The molecule has 0 aromatic heterocycles. The van der Waals surface area contributed by atoms with E-state index in [-0.39, 0.29) is 22.6 Å². The predicted molar refractivity (Wildman–Crippen MR) is 51.6 cm³/mol. The number of aliphatic carboxylic acids is 1. The van der Waals surface area contributed by atoms with E-state index in [1.165, 1.54) is 6.07 Å². The van der Waals surface area contributed by atoms with Gasteiger partial charge in [0.25, 0.3) is 0 Å². The number of hydrogen-bond donors (Lipinski definition) is 1. The maximum absolute atomic E-state index is 13.6. The van der Waals surface area contributed by atoms with Gasteiger partial charge in [-0.05, 0) is 15.9 Å². The smallest absolute Gasteiger partial charge is 0.308 e. The summed E-state index contributed by atoms with van der Waals surface area (Å²) in [4.78, 5) is 10.6. The average molecular weight is 277 g/mol.